The van der Waals surface area contributed by atoms with E-state index in [1.54, 1.807) is 6.20 Å². The summed E-state index contributed by atoms with van der Waals surface area (Å²) in [5.41, 5.74) is 1.33. The van der Waals surface area contributed by atoms with Gasteiger partial charge in [0.05, 0.1) is 6.04 Å². The van der Waals surface area contributed by atoms with Crippen LogP contribution in [-0.2, 0) is 6.54 Å². The molecule has 0 saturated heterocycles. The highest BCUT2D eigenvalue weighted by Gasteiger charge is 2.11. The van der Waals surface area contributed by atoms with E-state index in [4.69, 9.17) is 0 Å². The number of rotatable bonds is 5. The van der Waals surface area contributed by atoms with E-state index in [0.717, 1.165) is 18.8 Å². The van der Waals surface area contributed by atoms with Crippen LogP contribution in [0, 0.1) is 0 Å². The Morgan fingerprint density at radius 1 is 1.15 bits per heavy atom. The molecule has 3 aromatic rings. The molecule has 0 aliphatic heterocycles. The van der Waals surface area contributed by atoms with E-state index < -0.39 is 0 Å². The molecule has 0 saturated carbocycles. The SMILES string of the molecule is CCC(NCc1cccc2ccccc12)c1ncc[nH]1. The van der Waals surface area contributed by atoms with Gasteiger partial charge in [0, 0.05) is 18.9 Å². The quantitative estimate of drug-likeness (QED) is 0.736. The van der Waals surface area contributed by atoms with Crippen LogP contribution in [0.5, 0.6) is 0 Å². The Kier molecular flexibility index (Phi) is 3.79. The van der Waals surface area contributed by atoms with E-state index in [9.17, 15) is 0 Å². The number of nitrogens with zero attached hydrogens (tertiary/aromatic N) is 1. The van der Waals surface area contributed by atoms with Crippen LogP contribution in [0.3, 0.4) is 0 Å². The molecule has 1 atom stereocenters. The molecule has 0 aliphatic carbocycles. The van der Waals surface area contributed by atoms with Crippen LogP contribution < -0.4 is 5.32 Å². The fourth-order valence-electron chi connectivity index (χ4n) is 2.58. The smallest absolute Gasteiger partial charge is 0.123 e. The van der Waals surface area contributed by atoms with Gasteiger partial charge in [0.2, 0.25) is 0 Å². The molecule has 0 spiro atoms. The third-order valence-corrected chi connectivity index (χ3v) is 3.68. The Morgan fingerprint density at radius 2 is 2.00 bits per heavy atom. The molecule has 3 heteroatoms. The molecule has 20 heavy (non-hydrogen) atoms. The van der Waals surface area contributed by atoms with E-state index >= 15 is 0 Å². The van der Waals surface area contributed by atoms with Gasteiger partial charge in [0.25, 0.3) is 0 Å². The van der Waals surface area contributed by atoms with Gasteiger partial charge in [0.15, 0.2) is 0 Å². The van der Waals surface area contributed by atoms with E-state index in [-0.39, 0.29) is 6.04 Å². The summed E-state index contributed by atoms with van der Waals surface area (Å²) in [6, 6.07) is 15.2. The summed E-state index contributed by atoms with van der Waals surface area (Å²) in [5.74, 6) is 1.01. The summed E-state index contributed by atoms with van der Waals surface area (Å²) < 4.78 is 0. The second-order valence-corrected chi connectivity index (χ2v) is 4.95. The Hall–Kier alpha value is -2.13. The summed E-state index contributed by atoms with van der Waals surface area (Å²) in [6.45, 7) is 3.02. The molecular weight excluding hydrogens is 246 g/mol. The maximum atomic E-state index is 4.34. The standard InChI is InChI=1S/C17H19N3/c1-2-16(17-18-10-11-19-17)20-12-14-8-5-7-13-6-3-4-9-15(13)14/h3-11,16,20H,2,12H2,1H3,(H,18,19). The molecule has 2 N–H and O–H groups in total. The normalized spacial score (nSPS) is 12.7. The minimum absolute atomic E-state index is 0.268. The number of benzene rings is 2. The first-order chi connectivity index (χ1) is 9.88. The van der Waals surface area contributed by atoms with Crippen LogP contribution in [0.4, 0.5) is 0 Å². The van der Waals surface area contributed by atoms with Gasteiger partial charge < -0.3 is 10.3 Å². The zero-order chi connectivity index (χ0) is 13.8. The van der Waals surface area contributed by atoms with Crippen LogP contribution in [0.25, 0.3) is 10.8 Å². The summed E-state index contributed by atoms with van der Waals surface area (Å²) in [6.07, 6.45) is 4.69. The lowest BCUT2D eigenvalue weighted by Crippen LogP contribution is -2.21. The van der Waals surface area contributed by atoms with Gasteiger partial charge in [-0.05, 0) is 22.8 Å². The molecule has 0 bridgehead atoms. The van der Waals surface area contributed by atoms with Gasteiger partial charge in [-0.3, -0.25) is 0 Å². The number of fused-ring (bicyclic) bond motifs is 1. The van der Waals surface area contributed by atoms with Gasteiger partial charge >= 0.3 is 0 Å². The van der Waals surface area contributed by atoms with Crippen LogP contribution in [0.1, 0.15) is 30.8 Å². The Labute approximate surface area is 119 Å². The van der Waals surface area contributed by atoms with Gasteiger partial charge in [-0.2, -0.15) is 0 Å². The minimum atomic E-state index is 0.268. The molecule has 102 valence electrons. The van der Waals surface area contributed by atoms with Crippen molar-refractivity contribution < 1.29 is 0 Å². The lowest BCUT2D eigenvalue weighted by Gasteiger charge is -2.15. The van der Waals surface area contributed by atoms with E-state index in [2.05, 4.69) is 64.7 Å². The zero-order valence-electron chi connectivity index (χ0n) is 11.6. The molecule has 0 radical (unpaired) electrons. The van der Waals surface area contributed by atoms with Crippen molar-refractivity contribution in [3.8, 4) is 0 Å². The summed E-state index contributed by atoms with van der Waals surface area (Å²) >= 11 is 0. The van der Waals surface area contributed by atoms with Gasteiger partial charge in [-0.1, -0.05) is 49.4 Å². The van der Waals surface area contributed by atoms with Crippen LogP contribution in [0.2, 0.25) is 0 Å². The van der Waals surface area contributed by atoms with Crippen molar-refractivity contribution in [1.82, 2.24) is 15.3 Å². The van der Waals surface area contributed by atoms with Crippen molar-refractivity contribution in [2.75, 3.05) is 0 Å². The Balaban J connectivity index is 1.80. The van der Waals surface area contributed by atoms with Crippen molar-refractivity contribution >= 4 is 10.8 Å². The molecular formula is C17H19N3. The topological polar surface area (TPSA) is 40.7 Å². The number of imidazole rings is 1. The largest absolute Gasteiger partial charge is 0.347 e. The van der Waals surface area contributed by atoms with E-state index in [1.807, 2.05) is 6.20 Å². The van der Waals surface area contributed by atoms with Crippen LogP contribution in [0.15, 0.2) is 54.9 Å². The molecule has 0 amide bonds. The average Bonchev–Trinajstić information content (AvgIpc) is 3.02. The lowest BCUT2D eigenvalue weighted by atomic mass is 10.0. The number of nitrogens with one attached hydrogen (secondary N) is 2. The third kappa shape index (κ3) is 2.58. The summed E-state index contributed by atoms with van der Waals surface area (Å²) in [7, 11) is 0. The monoisotopic (exact) mass is 265 g/mol. The lowest BCUT2D eigenvalue weighted by molar-refractivity contribution is 0.499. The highest BCUT2D eigenvalue weighted by atomic mass is 15.0. The Bertz CT molecular complexity index is 668. The maximum absolute atomic E-state index is 4.34. The molecule has 2 aromatic carbocycles. The first-order valence-corrected chi connectivity index (χ1v) is 7.07. The van der Waals surface area contributed by atoms with Crippen LogP contribution >= 0.6 is 0 Å². The number of hydrogen-bond acceptors (Lipinski definition) is 2. The van der Waals surface area contributed by atoms with Crippen molar-refractivity contribution in [1.29, 1.82) is 0 Å². The maximum Gasteiger partial charge on any atom is 0.123 e. The molecule has 1 unspecified atom stereocenters. The minimum Gasteiger partial charge on any atom is -0.347 e. The number of H-pyrrole nitrogens is 1. The van der Waals surface area contributed by atoms with Crippen molar-refractivity contribution in [3.63, 3.8) is 0 Å². The molecule has 1 heterocycles. The second kappa shape index (κ2) is 5.88. The van der Waals surface area contributed by atoms with Crippen molar-refractivity contribution in [2.45, 2.75) is 25.9 Å². The molecule has 3 rings (SSSR count). The highest BCUT2D eigenvalue weighted by Crippen LogP contribution is 2.20. The predicted octanol–water partition coefficient (Wildman–Crippen LogP) is 3.80. The summed E-state index contributed by atoms with van der Waals surface area (Å²) in [5, 5.41) is 6.19. The zero-order valence-corrected chi connectivity index (χ0v) is 11.6. The highest BCUT2D eigenvalue weighted by molar-refractivity contribution is 5.85. The molecule has 0 aliphatic rings. The van der Waals surface area contributed by atoms with Gasteiger partial charge in [-0.15, -0.1) is 0 Å². The van der Waals surface area contributed by atoms with Gasteiger partial charge in [0.1, 0.15) is 5.82 Å². The van der Waals surface area contributed by atoms with E-state index in [1.165, 1.54) is 16.3 Å². The predicted molar refractivity (Wildman–Crippen MR) is 82.4 cm³/mol. The number of aromatic amines is 1. The third-order valence-electron chi connectivity index (χ3n) is 3.68. The number of hydrogen-bond donors (Lipinski definition) is 2. The van der Waals surface area contributed by atoms with Crippen LogP contribution in [-0.4, -0.2) is 9.97 Å². The molecule has 3 nitrogen and oxygen atoms in total. The first-order valence-electron chi connectivity index (χ1n) is 7.07. The van der Waals surface area contributed by atoms with Gasteiger partial charge in [-0.25, -0.2) is 4.98 Å². The Morgan fingerprint density at radius 3 is 2.80 bits per heavy atom. The van der Waals surface area contributed by atoms with Crippen molar-refractivity contribution in [3.05, 3.63) is 66.2 Å². The average molecular weight is 265 g/mol. The fourth-order valence-corrected chi connectivity index (χ4v) is 2.58. The number of aromatic nitrogens is 2. The molecule has 0 fully saturated rings. The fraction of sp³-hybridized carbons (Fsp3) is 0.235. The summed E-state index contributed by atoms with van der Waals surface area (Å²) in [4.78, 5) is 7.53. The van der Waals surface area contributed by atoms with Crippen molar-refractivity contribution in [2.24, 2.45) is 0 Å². The second-order valence-electron chi connectivity index (χ2n) is 4.95. The molecule has 1 aromatic heterocycles. The van der Waals surface area contributed by atoms with E-state index in [0.29, 0.717) is 0 Å². The first kappa shape index (κ1) is 12.9.